The highest BCUT2D eigenvalue weighted by Crippen LogP contribution is 2.25. The van der Waals surface area contributed by atoms with Crippen molar-refractivity contribution in [2.75, 3.05) is 19.3 Å². The molecule has 0 saturated carbocycles. The zero-order chi connectivity index (χ0) is 13.8. The van der Waals surface area contributed by atoms with Crippen molar-refractivity contribution in [1.29, 1.82) is 0 Å². The number of sulfonamides is 1. The van der Waals surface area contributed by atoms with Crippen LogP contribution in [0.15, 0.2) is 6.07 Å². The molecule has 0 unspecified atom stereocenters. The fourth-order valence-electron chi connectivity index (χ4n) is 1.85. The van der Waals surface area contributed by atoms with Crippen LogP contribution in [-0.4, -0.2) is 27.8 Å². The Balaban J connectivity index is 2.30. The van der Waals surface area contributed by atoms with Crippen molar-refractivity contribution in [3.8, 4) is 0 Å². The maximum Gasteiger partial charge on any atom is 0.208 e. The summed E-state index contributed by atoms with van der Waals surface area (Å²) in [5, 5.41) is 3.41. The molecule has 4 nitrogen and oxygen atoms in total. The van der Waals surface area contributed by atoms with E-state index in [2.05, 4.69) is 36.9 Å². The molecule has 1 rings (SSSR count). The van der Waals surface area contributed by atoms with Crippen molar-refractivity contribution in [2.45, 2.75) is 33.2 Å². The quantitative estimate of drug-likeness (QED) is 0.755. The number of nitrogens with one attached hydrogen (secondary N) is 2. The van der Waals surface area contributed by atoms with E-state index in [4.69, 9.17) is 0 Å². The molecule has 1 heterocycles. The number of hydrogen-bond acceptors (Lipinski definition) is 4. The lowest BCUT2D eigenvalue weighted by Gasteiger charge is -2.13. The third kappa shape index (κ3) is 5.48. The summed E-state index contributed by atoms with van der Waals surface area (Å²) < 4.78 is 24.2. The lowest BCUT2D eigenvalue weighted by molar-refractivity contribution is 0.548. The van der Waals surface area contributed by atoms with Gasteiger partial charge in [-0.25, -0.2) is 13.1 Å². The summed E-state index contributed by atoms with van der Waals surface area (Å²) in [5.74, 6) is 0. The zero-order valence-corrected chi connectivity index (χ0v) is 13.0. The molecule has 0 bridgehead atoms. The van der Waals surface area contributed by atoms with E-state index in [1.165, 1.54) is 21.6 Å². The van der Waals surface area contributed by atoms with E-state index >= 15 is 0 Å². The normalized spacial score (nSPS) is 13.8. The van der Waals surface area contributed by atoms with Crippen molar-refractivity contribution in [3.05, 3.63) is 21.4 Å². The van der Waals surface area contributed by atoms with Gasteiger partial charge in [0, 0.05) is 22.3 Å². The van der Waals surface area contributed by atoms with Crippen LogP contribution in [0.5, 0.6) is 0 Å². The van der Waals surface area contributed by atoms with E-state index in [0.717, 1.165) is 13.0 Å². The van der Waals surface area contributed by atoms with Gasteiger partial charge in [-0.15, -0.1) is 11.3 Å². The summed E-state index contributed by atoms with van der Waals surface area (Å²) >= 11 is 1.81. The van der Waals surface area contributed by atoms with Crippen LogP contribution in [-0.2, 0) is 10.0 Å². The topological polar surface area (TPSA) is 58.2 Å². The van der Waals surface area contributed by atoms with Crippen molar-refractivity contribution >= 4 is 21.4 Å². The van der Waals surface area contributed by atoms with Crippen LogP contribution in [0.4, 0.5) is 0 Å². The van der Waals surface area contributed by atoms with Crippen molar-refractivity contribution in [2.24, 2.45) is 0 Å². The summed E-state index contributed by atoms with van der Waals surface area (Å²) in [5.41, 5.74) is 1.34. The van der Waals surface area contributed by atoms with Crippen LogP contribution in [0.1, 0.15) is 34.7 Å². The second-order valence-electron chi connectivity index (χ2n) is 4.56. The SMILES string of the molecule is Cc1cc([C@H](C)NCCCNS(C)(=O)=O)c(C)s1. The van der Waals surface area contributed by atoms with Gasteiger partial charge in [-0.1, -0.05) is 0 Å². The highest BCUT2D eigenvalue weighted by Gasteiger charge is 2.10. The molecule has 6 heteroatoms. The molecule has 104 valence electrons. The Morgan fingerprint density at radius 1 is 1.33 bits per heavy atom. The number of thiophene rings is 1. The van der Waals surface area contributed by atoms with Gasteiger partial charge in [0.1, 0.15) is 0 Å². The Labute approximate surface area is 114 Å². The number of hydrogen-bond donors (Lipinski definition) is 2. The van der Waals surface area contributed by atoms with Crippen molar-refractivity contribution < 1.29 is 8.42 Å². The van der Waals surface area contributed by atoms with E-state index < -0.39 is 10.0 Å². The van der Waals surface area contributed by atoms with E-state index in [1.54, 1.807) is 0 Å². The van der Waals surface area contributed by atoms with Gasteiger partial charge >= 0.3 is 0 Å². The molecule has 0 radical (unpaired) electrons. The Morgan fingerprint density at radius 2 is 2.00 bits per heavy atom. The minimum Gasteiger partial charge on any atom is -0.310 e. The number of rotatable bonds is 7. The Hall–Kier alpha value is -0.430. The molecule has 1 atom stereocenters. The largest absolute Gasteiger partial charge is 0.310 e. The van der Waals surface area contributed by atoms with Gasteiger partial charge in [-0.3, -0.25) is 0 Å². The summed E-state index contributed by atoms with van der Waals surface area (Å²) in [7, 11) is -3.06. The first-order chi connectivity index (χ1) is 8.29. The second-order valence-corrected chi connectivity index (χ2v) is 7.86. The molecule has 0 aliphatic rings. The average molecular weight is 290 g/mol. The van der Waals surface area contributed by atoms with Crippen molar-refractivity contribution in [3.63, 3.8) is 0 Å². The minimum atomic E-state index is -3.06. The fourth-order valence-corrected chi connectivity index (χ4v) is 3.39. The highest BCUT2D eigenvalue weighted by molar-refractivity contribution is 7.88. The van der Waals surface area contributed by atoms with Crippen LogP contribution < -0.4 is 10.0 Å². The maximum atomic E-state index is 10.9. The predicted molar refractivity (Wildman–Crippen MR) is 77.7 cm³/mol. The molecule has 1 aromatic heterocycles. The predicted octanol–water partition coefficient (Wildman–Crippen LogP) is 1.95. The Morgan fingerprint density at radius 3 is 2.50 bits per heavy atom. The molecular formula is C12H22N2O2S2. The Kier molecular flexibility index (Phi) is 5.78. The third-order valence-corrected chi connectivity index (χ3v) is 4.42. The van der Waals surface area contributed by atoms with Crippen LogP contribution >= 0.6 is 11.3 Å². The van der Waals surface area contributed by atoms with E-state index in [0.29, 0.717) is 12.6 Å². The van der Waals surface area contributed by atoms with Crippen LogP contribution in [0, 0.1) is 13.8 Å². The lowest BCUT2D eigenvalue weighted by Crippen LogP contribution is -2.27. The third-order valence-electron chi connectivity index (χ3n) is 2.71. The van der Waals surface area contributed by atoms with Gasteiger partial charge in [0.2, 0.25) is 10.0 Å². The van der Waals surface area contributed by atoms with Gasteiger partial charge in [0.05, 0.1) is 6.26 Å². The molecule has 0 spiro atoms. The second kappa shape index (κ2) is 6.65. The van der Waals surface area contributed by atoms with Crippen LogP contribution in [0.2, 0.25) is 0 Å². The van der Waals surface area contributed by atoms with Crippen LogP contribution in [0.3, 0.4) is 0 Å². The van der Waals surface area contributed by atoms with E-state index in [-0.39, 0.29) is 0 Å². The van der Waals surface area contributed by atoms with Gasteiger partial charge < -0.3 is 5.32 Å². The standard InChI is InChI=1S/C12H22N2O2S2/c1-9-8-12(11(3)17-9)10(2)13-6-5-7-14-18(4,15)16/h8,10,13-14H,5-7H2,1-4H3/t10-/m0/s1. The molecule has 0 amide bonds. The van der Waals surface area contributed by atoms with Gasteiger partial charge in [0.25, 0.3) is 0 Å². The van der Waals surface area contributed by atoms with Crippen molar-refractivity contribution in [1.82, 2.24) is 10.0 Å². The molecule has 2 N–H and O–H groups in total. The molecular weight excluding hydrogens is 268 g/mol. The van der Waals surface area contributed by atoms with Crippen LogP contribution in [0.25, 0.3) is 0 Å². The van der Waals surface area contributed by atoms with E-state index in [9.17, 15) is 8.42 Å². The summed E-state index contributed by atoms with van der Waals surface area (Å²) in [4.78, 5) is 2.68. The zero-order valence-electron chi connectivity index (χ0n) is 11.4. The molecule has 0 saturated heterocycles. The first kappa shape index (κ1) is 15.6. The molecule has 1 aromatic rings. The highest BCUT2D eigenvalue weighted by atomic mass is 32.2. The molecule has 0 aliphatic carbocycles. The van der Waals surface area contributed by atoms with Gasteiger partial charge in [0.15, 0.2) is 0 Å². The number of aryl methyl sites for hydroxylation is 2. The Bertz CT molecular complexity index is 480. The minimum absolute atomic E-state index is 0.313. The molecule has 0 fully saturated rings. The molecule has 0 aromatic carbocycles. The lowest BCUT2D eigenvalue weighted by atomic mass is 10.1. The monoisotopic (exact) mass is 290 g/mol. The summed E-state index contributed by atoms with van der Waals surface area (Å²) in [6.07, 6.45) is 1.97. The van der Waals surface area contributed by atoms with Gasteiger partial charge in [-0.2, -0.15) is 0 Å². The fraction of sp³-hybridized carbons (Fsp3) is 0.667. The molecule has 18 heavy (non-hydrogen) atoms. The maximum absolute atomic E-state index is 10.9. The average Bonchev–Trinajstić information content (AvgIpc) is 2.55. The van der Waals surface area contributed by atoms with E-state index in [1.807, 2.05) is 11.3 Å². The first-order valence-electron chi connectivity index (χ1n) is 6.04. The van der Waals surface area contributed by atoms with Gasteiger partial charge in [-0.05, 0) is 45.4 Å². The summed E-state index contributed by atoms with van der Waals surface area (Å²) in [6, 6.07) is 2.53. The summed E-state index contributed by atoms with van der Waals surface area (Å²) in [6.45, 7) is 7.68. The molecule has 0 aliphatic heterocycles. The first-order valence-corrected chi connectivity index (χ1v) is 8.75. The smallest absolute Gasteiger partial charge is 0.208 e.